The molecule has 0 unspecified atom stereocenters. The maximum absolute atomic E-state index is 11.9. The van der Waals surface area contributed by atoms with Crippen molar-refractivity contribution in [2.45, 2.75) is 0 Å². The zero-order valence-corrected chi connectivity index (χ0v) is 14.1. The van der Waals surface area contributed by atoms with Crippen LogP contribution in [-0.2, 0) is 4.79 Å². The number of hydrazone groups is 1. The predicted octanol–water partition coefficient (Wildman–Crippen LogP) is 3.06. The molecule has 0 radical (unpaired) electrons. The number of benzene rings is 1. The van der Waals surface area contributed by atoms with E-state index in [1.807, 2.05) is 0 Å². The molecule has 0 atom stereocenters. The summed E-state index contributed by atoms with van der Waals surface area (Å²) in [5, 5.41) is 3.90. The third-order valence-electron chi connectivity index (χ3n) is 3.33. The van der Waals surface area contributed by atoms with Gasteiger partial charge in [0.05, 0.1) is 12.5 Å². The summed E-state index contributed by atoms with van der Waals surface area (Å²) in [6.07, 6.45) is 8.81. The molecule has 0 spiro atoms. The van der Waals surface area contributed by atoms with Crippen molar-refractivity contribution >= 4 is 24.2 Å². The number of rotatable bonds is 6. The first-order valence-electron chi connectivity index (χ1n) is 7.97. The molecule has 0 saturated heterocycles. The minimum atomic E-state index is -0.536. The predicted molar refractivity (Wildman–Crippen MR) is 99.1 cm³/mol. The molecule has 7 heteroatoms. The zero-order valence-electron chi connectivity index (χ0n) is 14.1. The number of hydrogen-bond donors (Lipinski definition) is 1. The average molecular weight is 361 g/mol. The van der Waals surface area contributed by atoms with Gasteiger partial charge in [-0.15, -0.1) is 0 Å². The van der Waals surface area contributed by atoms with Gasteiger partial charge < -0.3 is 9.15 Å². The Morgan fingerprint density at radius 2 is 1.96 bits per heavy atom. The quantitative estimate of drug-likeness (QED) is 0.239. The molecular formula is C20H15N3O4. The Labute approximate surface area is 155 Å². The number of hydrogen-bond acceptors (Lipinski definition) is 6. The van der Waals surface area contributed by atoms with Crippen LogP contribution in [0.3, 0.4) is 0 Å². The molecule has 27 heavy (non-hydrogen) atoms. The van der Waals surface area contributed by atoms with E-state index in [0.717, 1.165) is 0 Å². The van der Waals surface area contributed by atoms with Gasteiger partial charge in [0.15, 0.2) is 0 Å². The number of aromatic nitrogens is 1. The highest BCUT2D eigenvalue weighted by Crippen LogP contribution is 2.13. The van der Waals surface area contributed by atoms with Gasteiger partial charge in [0, 0.05) is 24.0 Å². The Morgan fingerprint density at radius 3 is 2.74 bits per heavy atom. The van der Waals surface area contributed by atoms with Crippen LogP contribution in [0.5, 0.6) is 5.75 Å². The highest BCUT2D eigenvalue weighted by molar-refractivity contribution is 5.94. The van der Waals surface area contributed by atoms with Crippen molar-refractivity contribution in [2.75, 3.05) is 0 Å². The Morgan fingerprint density at radius 1 is 1.11 bits per heavy atom. The number of ether oxygens (including phenoxy) is 1. The first kappa shape index (κ1) is 17.8. The lowest BCUT2D eigenvalue weighted by atomic mass is 10.2. The number of furan rings is 1. The SMILES string of the molecule is O=C(C=Cc1ccco1)Oc1cccc(C=NNC(=O)c2ccncc2)c1. The number of nitrogens with zero attached hydrogens (tertiary/aromatic N) is 2. The minimum Gasteiger partial charge on any atom is -0.465 e. The van der Waals surface area contributed by atoms with Crippen molar-refractivity contribution in [3.63, 3.8) is 0 Å². The molecule has 3 rings (SSSR count). The van der Waals surface area contributed by atoms with E-state index >= 15 is 0 Å². The lowest BCUT2D eigenvalue weighted by Crippen LogP contribution is -2.17. The number of esters is 1. The normalized spacial score (nSPS) is 11.0. The van der Waals surface area contributed by atoms with Crippen molar-refractivity contribution < 1.29 is 18.7 Å². The van der Waals surface area contributed by atoms with Crippen LogP contribution in [0.25, 0.3) is 6.08 Å². The number of amides is 1. The van der Waals surface area contributed by atoms with Gasteiger partial charge in [-0.1, -0.05) is 12.1 Å². The molecule has 2 heterocycles. The van der Waals surface area contributed by atoms with Crippen LogP contribution < -0.4 is 10.2 Å². The van der Waals surface area contributed by atoms with E-state index in [0.29, 0.717) is 22.6 Å². The minimum absolute atomic E-state index is 0.348. The van der Waals surface area contributed by atoms with Crippen LogP contribution in [0.1, 0.15) is 21.7 Å². The van der Waals surface area contributed by atoms with E-state index in [-0.39, 0.29) is 5.91 Å². The summed E-state index contributed by atoms with van der Waals surface area (Å²) >= 11 is 0. The van der Waals surface area contributed by atoms with Crippen molar-refractivity contribution in [1.29, 1.82) is 0 Å². The fourth-order valence-electron chi connectivity index (χ4n) is 2.08. The highest BCUT2D eigenvalue weighted by Gasteiger charge is 2.03. The van der Waals surface area contributed by atoms with Crippen LogP contribution in [-0.4, -0.2) is 23.1 Å². The van der Waals surface area contributed by atoms with Crippen molar-refractivity contribution in [1.82, 2.24) is 10.4 Å². The molecule has 134 valence electrons. The third-order valence-corrected chi connectivity index (χ3v) is 3.33. The van der Waals surface area contributed by atoms with Crippen molar-refractivity contribution in [3.05, 3.63) is 90.2 Å². The van der Waals surface area contributed by atoms with Gasteiger partial charge in [-0.3, -0.25) is 9.78 Å². The number of carbonyl (C=O) groups is 2. The standard InChI is InChI=1S/C20H15N3O4/c24-19(7-6-17-5-2-12-26-17)27-18-4-1-3-15(13-18)14-22-23-20(25)16-8-10-21-11-9-16/h1-14H,(H,23,25). The van der Waals surface area contributed by atoms with Crippen LogP contribution in [0.4, 0.5) is 0 Å². The molecule has 1 amide bonds. The number of nitrogens with one attached hydrogen (secondary N) is 1. The molecular weight excluding hydrogens is 346 g/mol. The topological polar surface area (TPSA) is 93.8 Å². The second-order valence-corrected chi connectivity index (χ2v) is 5.28. The maximum Gasteiger partial charge on any atom is 0.336 e. The fraction of sp³-hybridized carbons (Fsp3) is 0. The van der Waals surface area contributed by atoms with Crippen molar-refractivity contribution in [2.24, 2.45) is 5.10 Å². The maximum atomic E-state index is 11.9. The summed E-state index contributed by atoms with van der Waals surface area (Å²) in [7, 11) is 0. The van der Waals surface area contributed by atoms with Gasteiger partial charge in [-0.05, 0) is 48.0 Å². The molecule has 0 aliphatic carbocycles. The van der Waals surface area contributed by atoms with E-state index in [2.05, 4.69) is 15.5 Å². The van der Waals surface area contributed by atoms with E-state index in [4.69, 9.17) is 9.15 Å². The van der Waals surface area contributed by atoms with E-state index < -0.39 is 5.97 Å². The van der Waals surface area contributed by atoms with E-state index in [9.17, 15) is 9.59 Å². The zero-order chi connectivity index (χ0) is 18.9. The number of carbonyl (C=O) groups excluding carboxylic acids is 2. The Bertz CT molecular complexity index is 964. The molecule has 0 aliphatic heterocycles. The lowest BCUT2D eigenvalue weighted by Gasteiger charge is -2.02. The Hall–Kier alpha value is -4.00. The highest BCUT2D eigenvalue weighted by atomic mass is 16.5. The summed E-state index contributed by atoms with van der Waals surface area (Å²) in [5.74, 6) is 0.0250. The molecule has 0 bridgehead atoms. The summed E-state index contributed by atoms with van der Waals surface area (Å²) in [6.45, 7) is 0. The molecule has 1 aromatic carbocycles. The van der Waals surface area contributed by atoms with Crippen molar-refractivity contribution in [3.8, 4) is 5.75 Å². The second kappa shape index (κ2) is 8.91. The first-order chi connectivity index (χ1) is 13.2. The van der Waals surface area contributed by atoms with Gasteiger partial charge >= 0.3 is 5.97 Å². The molecule has 1 N–H and O–H groups in total. The molecule has 0 saturated carbocycles. The average Bonchev–Trinajstić information content (AvgIpc) is 3.21. The molecule has 3 aromatic rings. The van der Waals surface area contributed by atoms with Gasteiger partial charge in [0.2, 0.25) is 0 Å². The summed E-state index contributed by atoms with van der Waals surface area (Å²) < 4.78 is 10.3. The van der Waals surface area contributed by atoms with Gasteiger partial charge in [0.1, 0.15) is 11.5 Å². The van der Waals surface area contributed by atoms with Crippen LogP contribution in [0, 0.1) is 0 Å². The van der Waals surface area contributed by atoms with Gasteiger partial charge in [0.25, 0.3) is 5.91 Å². The summed E-state index contributed by atoms with van der Waals surface area (Å²) in [4.78, 5) is 27.6. The second-order valence-electron chi connectivity index (χ2n) is 5.28. The van der Waals surface area contributed by atoms with E-state index in [1.165, 1.54) is 37.0 Å². The lowest BCUT2D eigenvalue weighted by molar-refractivity contribution is -0.128. The Balaban J connectivity index is 1.56. The summed E-state index contributed by atoms with van der Waals surface area (Å²) in [5.41, 5.74) is 3.53. The van der Waals surface area contributed by atoms with Crippen LogP contribution in [0.2, 0.25) is 0 Å². The molecule has 0 aliphatic rings. The van der Waals surface area contributed by atoms with E-state index in [1.54, 1.807) is 48.5 Å². The van der Waals surface area contributed by atoms with Crippen LogP contribution >= 0.6 is 0 Å². The fourth-order valence-corrected chi connectivity index (χ4v) is 2.08. The van der Waals surface area contributed by atoms with Gasteiger partial charge in [-0.2, -0.15) is 5.10 Å². The smallest absolute Gasteiger partial charge is 0.336 e. The molecule has 7 nitrogen and oxygen atoms in total. The first-order valence-corrected chi connectivity index (χ1v) is 7.97. The molecule has 2 aromatic heterocycles. The summed E-state index contributed by atoms with van der Waals surface area (Å²) in [6, 6.07) is 13.4. The largest absolute Gasteiger partial charge is 0.465 e. The monoisotopic (exact) mass is 361 g/mol. The Kier molecular flexibility index (Phi) is 5.88. The van der Waals surface area contributed by atoms with Gasteiger partial charge in [-0.25, -0.2) is 10.2 Å². The molecule has 0 fully saturated rings. The third kappa shape index (κ3) is 5.50. The number of pyridine rings is 1. The van der Waals surface area contributed by atoms with Crippen LogP contribution in [0.15, 0.2) is 82.8 Å².